The fourth-order valence-electron chi connectivity index (χ4n) is 3.05. The predicted molar refractivity (Wildman–Crippen MR) is 86.3 cm³/mol. The van der Waals surface area contributed by atoms with E-state index in [9.17, 15) is 4.79 Å². The van der Waals surface area contributed by atoms with Crippen molar-refractivity contribution in [2.24, 2.45) is 5.92 Å². The molecule has 1 saturated heterocycles. The Bertz CT molecular complexity index is 656. The number of hydrogen-bond donors (Lipinski definition) is 1. The van der Waals surface area contributed by atoms with Crippen LogP contribution < -0.4 is 5.32 Å². The summed E-state index contributed by atoms with van der Waals surface area (Å²) in [5.74, 6) is 0.494. The summed E-state index contributed by atoms with van der Waals surface area (Å²) in [6.07, 6.45) is 3.61. The molecule has 2 atom stereocenters. The molecule has 3 rings (SSSR count). The average molecular weight is 295 g/mol. The topological polar surface area (TPSA) is 45.2 Å². The van der Waals surface area contributed by atoms with Gasteiger partial charge < -0.3 is 10.2 Å². The molecule has 0 unspecified atom stereocenters. The van der Waals surface area contributed by atoms with Crippen LogP contribution in [-0.2, 0) is 6.54 Å². The number of pyridine rings is 1. The first-order valence-corrected chi connectivity index (χ1v) is 7.65. The van der Waals surface area contributed by atoms with Crippen LogP contribution in [-0.4, -0.2) is 22.5 Å². The van der Waals surface area contributed by atoms with Crippen LogP contribution in [0.1, 0.15) is 29.7 Å². The zero-order valence-electron chi connectivity index (χ0n) is 13.0. The van der Waals surface area contributed by atoms with Crippen LogP contribution in [0.15, 0.2) is 48.8 Å². The third-order valence-electron chi connectivity index (χ3n) is 4.14. The number of nitrogens with zero attached hydrogens (tertiary/aromatic N) is 2. The maximum atomic E-state index is 12.4. The van der Waals surface area contributed by atoms with Gasteiger partial charge in [-0.2, -0.15) is 0 Å². The Labute approximate surface area is 131 Å². The minimum Gasteiger partial charge on any atom is -0.334 e. The van der Waals surface area contributed by atoms with Crippen LogP contribution in [0, 0.1) is 12.8 Å². The van der Waals surface area contributed by atoms with E-state index in [0.717, 1.165) is 17.7 Å². The van der Waals surface area contributed by atoms with Gasteiger partial charge in [0.25, 0.3) is 0 Å². The zero-order valence-corrected chi connectivity index (χ0v) is 13.0. The van der Waals surface area contributed by atoms with Crippen molar-refractivity contribution in [3.05, 3.63) is 65.5 Å². The van der Waals surface area contributed by atoms with Crippen molar-refractivity contribution in [3.63, 3.8) is 0 Å². The van der Waals surface area contributed by atoms with Crippen molar-refractivity contribution in [1.29, 1.82) is 0 Å². The first kappa shape index (κ1) is 14.6. The lowest BCUT2D eigenvalue weighted by molar-refractivity contribution is 0.0591. The normalized spacial score (nSPS) is 20.4. The molecule has 0 saturated carbocycles. The molecule has 2 heterocycles. The Balaban J connectivity index is 1.63. The number of aromatic nitrogens is 1. The molecule has 0 bridgehead atoms. The summed E-state index contributed by atoms with van der Waals surface area (Å²) in [6, 6.07) is 12.4. The Kier molecular flexibility index (Phi) is 4.09. The van der Waals surface area contributed by atoms with Gasteiger partial charge in [0.2, 0.25) is 0 Å². The van der Waals surface area contributed by atoms with Crippen LogP contribution >= 0.6 is 0 Å². The second-order valence-electron chi connectivity index (χ2n) is 6.01. The van der Waals surface area contributed by atoms with Crippen LogP contribution in [0.4, 0.5) is 4.79 Å². The Morgan fingerprint density at radius 1 is 1.32 bits per heavy atom. The molecule has 0 radical (unpaired) electrons. The predicted octanol–water partition coefficient (Wildman–Crippen LogP) is 3.29. The standard InChI is InChI=1S/C18H21N3O/c1-13-8-15(10-19-9-13)11-20-18(22)21-12-14(2)17(21)16-6-4-3-5-7-16/h3-10,14,17H,11-12H2,1-2H3,(H,20,22)/t14-,17-/m0/s1. The lowest BCUT2D eigenvalue weighted by Gasteiger charge is -2.46. The highest BCUT2D eigenvalue weighted by Crippen LogP contribution is 2.38. The van der Waals surface area contributed by atoms with Crippen LogP contribution in [0.5, 0.6) is 0 Å². The fourth-order valence-corrected chi connectivity index (χ4v) is 3.05. The molecule has 0 spiro atoms. The van der Waals surface area contributed by atoms with Gasteiger partial charge in [-0.15, -0.1) is 0 Å². The summed E-state index contributed by atoms with van der Waals surface area (Å²) in [6.45, 7) is 5.50. The zero-order chi connectivity index (χ0) is 15.5. The molecule has 0 aliphatic carbocycles. The molecule has 114 valence electrons. The van der Waals surface area contributed by atoms with Gasteiger partial charge in [0.05, 0.1) is 6.04 Å². The summed E-state index contributed by atoms with van der Waals surface area (Å²) in [5.41, 5.74) is 3.33. The second kappa shape index (κ2) is 6.18. The number of carbonyl (C=O) groups is 1. The van der Waals surface area contributed by atoms with Gasteiger partial charge in [-0.3, -0.25) is 4.98 Å². The first-order chi connectivity index (χ1) is 10.6. The quantitative estimate of drug-likeness (QED) is 0.944. The van der Waals surface area contributed by atoms with Gasteiger partial charge in [0.15, 0.2) is 0 Å². The van der Waals surface area contributed by atoms with E-state index < -0.39 is 0 Å². The third-order valence-corrected chi connectivity index (χ3v) is 4.14. The van der Waals surface area contributed by atoms with Crippen LogP contribution in [0.3, 0.4) is 0 Å². The summed E-state index contributed by atoms with van der Waals surface area (Å²) in [5, 5.41) is 3.00. The lowest BCUT2D eigenvalue weighted by Crippen LogP contribution is -2.54. The van der Waals surface area contributed by atoms with Crippen LogP contribution in [0.2, 0.25) is 0 Å². The van der Waals surface area contributed by atoms with E-state index in [4.69, 9.17) is 0 Å². The van der Waals surface area contributed by atoms with Gasteiger partial charge in [-0.25, -0.2) is 4.79 Å². The van der Waals surface area contributed by atoms with Crippen LogP contribution in [0.25, 0.3) is 0 Å². The molecule has 2 aromatic rings. The minimum atomic E-state index is -0.00606. The van der Waals surface area contributed by atoms with Gasteiger partial charge in [-0.05, 0) is 29.5 Å². The number of hydrogen-bond acceptors (Lipinski definition) is 2. The second-order valence-corrected chi connectivity index (χ2v) is 6.01. The summed E-state index contributed by atoms with van der Waals surface area (Å²) in [4.78, 5) is 18.5. The van der Waals surface area contributed by atoms with E-state index in [-0.39, 0.29) is 12.1 Å². The van der Waals surface area contributed by atoms with Gasteiger partial charge in [0.1, 0.15) is 0 Å². The summed E-state index contributed by atoms with van der Waals surface area (Å²) in [7, 11) is 0. The SMILES string of the molecule is Cc1cncc(CNC(=O)N2C[C@H](C)[C@H]2c2ccccc2)c1. The smallest absolute Gasteiger partial charge is 0.318 e. The van der Waals surface area contributed by atoms with E-state index in [2.05, 4.69) is 29.4 Å². The number of rotatable bonds is 3. The number of nitrogens with one attached hydrogen (secondary N) is 1. The third kappa shape index (κ3) is 2.96. The lowest BCUT2D eigenvalue weighted by atomic mass is 9.85. The molecule has 4 nitrogen and oxygen atoms in total. The molecular weight excluding hydrogens is 274 g/mol. The van der Waals surface area contributed by atoms with Gasteiger partial charge in [0, 0.05) is 25.5 Å². The number of likely N-dealkylation sites (tertiary alicyclic amines) is 1. The van der Waals surface area contributed by atoms with Gasteiger partial charge in [-0.1, -0.05) is 43.3 Å². The number of urea groups is 1. The molecule has 22 heavy (non-hydrogen) atoms. The monoisotopic (exact) mass is 295 g/mol. The molecule has 1 aliphatic heterocycles. The number of benzene rings is 1. The highest BCUT2D eigenvalue weighted by Gasteiger charge is 2.39. The average Bonchev–Trinajstić information content (AvgIpc) is 2.51. The molecule has 1 fully saturated rings. The summed E-state index contributed by atoms with van der Waals surface area (Å²) < 4.78 is 0. The molecule has 1 aliphatic rings. The van der Waals surface area contributed by atoms with Crippen molar-refractivity contribution in [1.82, 2.24) is 15.2 Å². The Hall–Kier alpha value is -2.36. The van der Waals surface area contributed by atoms with Crippen molar-refractivity contribution in [3.8, 4) is 0 Å². The molecule has 2 amide bonds. The fraction of sp³-hybridized carbons (Fsp3) is 0.333. The molecule has 1 aromatic carbocycles. The van der Waals surface area contributed by atoms with E-state index in [0.29, 0.717) is 12.5 Å². The van der Waals surface area contributed by atoms with Crippen molar-refractivity contribution >= 4 is 6.03 Å². The molecule has 1 aromatic heterocycles. The largest absolute Gasteiger partial charge is 0.334 e. The minimum absolute atomic E-state index is 0.00606. The highest BCUT2D eigenvalue weighted by molar-refractivity contribution is 5.75. The maximum absolute atomic E-state index is 12.4. The first-order valence-electron chi connectivity index (χ1n) is 7.65. The molecular formula is C18H21N3O. The van der Waals surface area contributed by atoms with Gasteiger partial charge >= 0.3 is 6.03 Å². The Morgan fingerprint density at radius 2 is 2.09 bits per heavy atom. The highest BCUT2D eigenvalue weighted by atomic mass is 16.2. The number of carbonyl (C=O) groups excluding carboxylic acids is 1. The maximum Gasteiger partial charge on any atom is 0.318 e. The van der Waals surface area contributed by atoms with E-state index >= 15 is 0 Å². The number of aryl methyl sites for hydroxylation is 1. The van der Waals surface area contributed by atoms with Crippen molar-refractivity contribution in [2.45, 2.75) is 26.4 Å². The van der Waals surface area contributed by atoms with Crippen molar-refractivity contribution < 1.29 is 4.79 Å². The molecule has 4 heteroatoms. The van der Waals surface area contributed by atoms with E-state index in [1.165, 1.54) is 5.56 Å². The van der Waals surface area contributed by atoms with Crippen molar-refractivity contribution in [2.75, 3.05) is 6.54 Å². The number of amides is 2. The Morgan fingerprint density at radius 3 is 2.77 bits per heavy atom. The summed E-state index contributed by atoms with van der Waals surface area (Å²) >= 11 is 0. The molecule has 1 N–H and O–H groups in total. The van der Waals surface area contributed by atoms with E-state index in [1.54, 1.807) is 6.20 Å². The van der Waals surface area contributed by atoms with E-state index in [1.807, 2.05) is 42.3 Å².